The summed E-state index contributed by atoms with van der Waals surface area (Å²) in [6.07, 6.45) is 1.89. The molecule has 0 aliphatic rings. The van der Waals surface area contributed by atoms with E-state index in [9.17, 15) is 0 Å². The van der Waals surface area contributed by atoms with Crippen LogP contribution in [-0.2, 0) is 0 Å². The molecule has 1 heterocycles. The summed E-state index contributed by atoms with van der Waals surface area (Å²) in [5.74, 6) is 0. The normalized spacial score (nSPS) is 7.11. The molecule has 1 N–H and O–H groups in total. The van der Waals surface area contributed by atoms with Crippen LogP contribution in [0.15, 0.2) is 17.1 Å². The first-order valence-electron chi connectivity index (χ1n) is 1.93. The monoisotopic (exact) mass is 148 g/mol. The van der Waals surface area contributed by atoms with Gasteiger partial charge in [-0.15, -0.1) is 0 Å². The van der Waals surface area contributed by atoms with Gasteiger partial charge in [-0.25, -0.2) is 4.98 Å². The van der Waals surface area contributed by atoms with Crippen LogP contribution >= 0.6 is 11.3 Å². The quantitative estimate of drug-likeness (QED) is 0.392. The molecule has 0 spiro atoms. The zero-order valence-electron chi connectivity index (χ0n) is 4.31. The van der Waals surface area contributed by atoms with Gasteiger partial charge in [0.25, 0.3) is 0 Å². The number of thiazole rings is 1. The van der Waals surface area contributed by atoms with Gasteiger partial charge in [-0.3, -0.25) is 0 Å². The van der Waals surface area contributed by atoms with E-state index < -0.39 is 5.09 Å². The second kappa shape index (κ2) is 4.98. The Labute approximate surface area is 54.7 Å². The molecule has 1 aromatic rings. The van der Waals surface area contributed by atoms with Crippen LogP contribution in [0.25, 0.3) is 0 Å². The second-order valence-corrected chi connectivity index (χ2v) is 1.73. The molecule has 50 valence electrons. The highest BCUT2D eigenvalue weighted by Crippen LogP contribution is 1.80. The molecular formula is C3H4N2O3S. The van der Waals surface area contributed by atoms with Crippen LogP contribution in [0.2, 0.25) is 0 Å². The van der Waals surface area contributed by atoms with Gasteiger partial charge < -0.3 is 15.3 Å². The van der Waals surface area contributed by atoms with E-state index in [-0.39, 0.29) is 0 Å². The zero-order chi connectivity index (χ0) is 7.11. The lowest BCUT2D eigenvalue weighted by Gasteiger charge is -1.74. The van der Waals surface area contributed by atoms with E-state index in [1.54, 1.807) is 11.3 Å². The maximum absolute atomic E-state index is 8.25. The van der Waals surface area contributed by atoms with E-state index >= 15 is 0 Å². The Morgan fingerprint density at radius 1 is 1.56 bits per heavy atom. The minimum absolute atomic E-state index is 1.66. The van der Waals surface area contributed by atoms with E-state index in [2.05, 4.69) is 4.98 Å². The molecule has 0 amide bonds. The summed E-state index contributed by atoms with van der Waals surface area (Å²) < 4.78 is 0. The number of rotatable bonds is 0. The van der Waals surface area contributed by atoms with Crippen molar-refractivity contribution in [3.8, 4) is 0 Å². The molecular weight excluding hydrogens is 144 g/mol. The molecule has 5 nitrogen and oxygen atoms in total. The third-order valence-corrected chi connectivity index (χ3v) is 0.944. The molecule has 6 heteroatoms. The summed E-state index contributed by atoms with van der Waals surface area (Å²) in [7, 11) is 0. The standard InChI is InChI=1S/C3H3NS.NO3/c1-2-5-3-4-1;2-1(3)4/h1-3H;/q;-1/p+1. The molecule has 0 fully saturated rings. The Balaban J connectivity index is 0.000000148. The molecule has 0 atom stereocenters. The zero-order valence-corrected chi connectivity index (χ0v) is 5.13. The van der Waals surface area contributed by atoms with Crippen LogP contribution in [0.4, 0.5) is 0 Å². The Morgan fingerprint density at radius 3 is 2.22 bits per heavy atom. The lowest BCUT2D eigenvalue weighted by Crippen LogP contribution is -1.86. The highest BCUT2D eigenvalue weighted by Gasteiger charge is 1.68. The summed E-state index contributed by atoms with van der Waals surface area (Å²) in [5, 5.41) is 16.7. The maximum Gasteiger partial charge on any atom is 0.222 e. The van der Waals surface area contributed by atoms with Gasteiger partial charge in [-0.1, -0.05) is 11.3 Å². The van der Waals surface area contributed by atoms with Crippen LogP contribution < -0.4 is 4.98 Å². The molecule has 0 aromatic carbocycles. The van der Waals surface area contributed by atoms with Crippen LogP contribution in [0.1, 0.15) is 0 Å². The topological polar surface area (TPSA) is 80.3 Å². The number of nitrogens with one attached hydrogen (secondary N) is 1. The average molecular weight is 148 g/mol. The van der Waals surface area contributed by atoms with E-state index in [0.717, 1.165) is 0 Å². The first kappa shape index (κ1) is 7.83. The molecule has 0 bridgehead atoms. The number of nitrogens with zero attached hydrogens (tertiary/aromatic N) is 1. The van der Waals surface area contributed by atoms with Gasteiger partial charge >= 0.3 is 0 Å². The Bertz CT molecular complexity index is 131. The van der Waals surface area contributed by atoms with E-state index in [0.29, 0.717) is 0 Å². The number of hydrogen-bond acceptors (Lipinski definition) is 4. The molecule has 0 unspecified atom stereocenters. The Hall–Kier alpha value is -1.17. The summed E-state index contributed by atoms with van der Waals surface area (Å²) in [5.41, 5.74) is 1.92. The lowest BCUT2D eigenvalue weighted by molar-refractivity contribution is -0.402. The third kappa shape index (κ3) is 10.9. The highest BCUT2D eigenvalue weighted by molar-refractivity contribution is 7.07. The smallest absolute Gasteiger partial charge is 0.222 e. The van der Waals surface area contributed by atoms with Crippen molar-refractivity contribution in [2.45, 2.75) is 0 Å². The van der Waals surface area contributed by atoms with Gasteiger partial charge in [-0.2, -0.15) is 0 Å². The third-order valence-electron chi connectivity index (χ3n) is 0.379. The number of aromatic amines is 1. The van der Waals surface area contributed by atoms with Crippen molar-refractivity contribution < 1.29 is 10.1 Å². The van der Waals surface area contributed by atoms with Crippen molar-refractivity contribution in [3.63, 3.8) is 0 Å². The van der Waals surface area contributed by atoms with Gasteiger partial charge in [0, 0.05) is 0 Å². The molecule has 1 aromatic heterocycles. The predicted octanol–water partition coefficient (Wildman–Crippen LogP) is 0.323. The Morgan fingerprint density at radius 2 is 2.11 bits per heavy atom. The molecule has 9 heavy (non-hydrogen) atoms. The van der Waals surface area contributed by atoms with Gasteiger partial charge in [0.2, 0.25) is 5.51 Å². The number of aromatic nitrogens is 1. The fourth-order valence-corrected chi connectivity index (χ4v) is 0.589. The van der Waals surface area contributed by atoms with Crippen molar-refractivity contribution in [1.82, 2.24) is 0 Å². The van der Waals surface area contributed by atoms with Crippen molar-refractivity contribution in [2.75, 3.05) is 0 Å². The van der Waals surface area contributed by atoms with E-state index in [4.69, 9.17) is 15.3 Å². The molecule has 0 saturated carbocycles. The predicted molar refractivity (Wildman–Crippen MR) is 31.2 cm³/mol. The van der Waals surface area contributed by atoms with E-state index in [1.807, 2.05) is 17.1 Å². The lowest BCUT2D eigenvalue weighted by atomic mass is 11.0. The largest absolute Gasteiger partial charge is 0.356 e. The Kier molecular flexibility index (Phi) is 4.33. The first-order chi connectivity index (χ1) is 4.23. The second-order valence-electron chi connectivity index (χ2n) is 0.947. The number of hydrogen-bond donors (Lipinski definition) is 0. The fraction of sp³-hybridized carbons (Fsp3) is 0. The average Bonchev–Trinajstić information content (AvgIpc) is 2.11. The van der Waals surface area contributed by atoms with Crippen molar-refractivity contribution in [1.29, 1.82) is 0 Å². The van der Waals surface area contributed by atoms with Crippen LogP contribution in [0.3, 0.4) is 0 Å². The SMILES string of the molecule is O=[N+]([O-])[O-].c1csc[nH+]1. The van der Waals surface area contributed by atoms with Gasteiger partial charge in [-0.05, 0) is 0 Å². The van der Waals surface area contributed by atoms with E-state index in [1.165, 1.54) is 0 Å². The van der Waals surface area contributed by atoms with Gasteiger partial charge in [0.15, 0.2) is 6.20 Å². The molecule has 0 aliphatic heterocycles. The van der Waals surface area contributed by atoms with Crippen LogP contribution in [0.5, 0.6) is 0 Å². The summed E-state index contributed by atoms with van der Waals surface area (Å²) in [6, 6.07) is 0. The van der Waals surface area contributed by atoms with Gasteiger partial charge in [0.05, 0.1) is 10.5 Å². The van der Waals surface area contributed by atoms with Crippen molar-refractivity contribution in [3.05, 3.63) is 32.4 Å². The highest BCUT2D eigenvalue weighted by atomic mass is 32.1. The summed E-state index contributed by atoms with van der Waals surface area (Å²) in [6.45, 7) is 0. The minimum atomic E-state index is -1.75. The van der Waals surface area contributed by atoms with Gasteiger partial charge in [0.1, 0.15) is 0 Å². The molecule has 0 saturated heterocycles. The van der Waals surface area contributed by atoms with Crippen LogP contribution in [-0.4, -0.2) is 5.09 Å². The fourth-order valence-electron chi connectivity index (χ4n) is 0.196. The number of H-pyrrole nitrogens is 1. The van der Waals surface area contributed by atoms with Crippen molar-refractivity contribution >= 4 is 11.3 Å². The maximum atomic E-state index is 8.25. The van der Waals surface area contributed by atoms with Crippen LogP contribution in [0, 0.1) is 15.3 Å². The first-order valence-corrected chi connectivity index (χ1v) is 2.87. The molecule has 0 radical (unpaired) electrons. The minimum Gasteiger partial charge on any atom is -0.356 e. The summed E-state index contributed by atoms with van der Waals surface area (Å²) >= 11 is 1.66. The van der Waals surface area contributed by atoms with Crippen molar-refractivity contribution in [2.24, 2.45) is 0 Å². The molecule has 0 aliphatic carbocycles. The summed E-state index contributed by atoms with van der Waals surface area (Å²) in [4.78, 5) is 11.1. The molecule has 1 rings (SSSR count).